The van der Waals surface area contributed by atoms with Gasteiger partial charge in [-0.05, 0) is 46.5 Å². The molecule has 5 aromatic rings. The van der Waals surface area contributed by atoms with Crippen LogP contribution in [0.4, 0.5) is 5.69 Å². The monoisotopic (exact) mass is 625 g/mol. The molecule has 48 heavy (non-hydrogen) atoms. The second-order valence-electron chi connectivity index (χ2n) is 12.2. The molecule has 1 N–H and O–H groups in total. The molecule has 2 aliphatic carbocycles. The Labute approximate surface area is 282 Å². The van der Waals surface area contributed by atoms with E-state index in [-0.39, 0.29) is 11.5 Å². The van der Waals surface area contributed by atoms with Gasteiger partial charge in [-0.25, -0.2) is 4.58 Å². The normalized spacial score (nSPS) is 13.9. The second kappa shape index (κ2) is 14.2. The molecule has 0 aromatic heterocycles. The molecule has 0 heterocycles. The van der Waals surface area contributed by atoms with Crippen molar-refractivity contribution < 1.29 is 14.5 Å². The number of aliphatic hydroxyl groups is 1. The predicted octanol–water partition coefficient (Wildman–Crippen LogP) is 9.02. The summed E-state index contributed by atoms with van der Waals surface area (Å²) in [6.07, 6.45) is 7.95. The van der Waals surface area contributed by atoms with Gasteiger partial charge in [-0.3, -0.25) is 4.79 Å². The molecule has 5 aromatic carbocycles. The molecule has 234 valence electrons. The summed E-state index contributed by atoms with van der Waals surface area (Å²) in [5.41, 5.74) is 9.17. The lowest BCUT2D eigenvalue weighted by molar-refractivity contribution is -0.558. The zero-order chi connectivity index (χ0) is 32.7. The maximum atomic E-state index is 13.5. The molecule has 0 bridgehead atoms. The Balaban J connectivity index is 1.13. The van der Waals surface area contributed by atoms with Crippen molar-refractivity contribution in [3.8, 4) is 0 Å². The number of hydrogen-bond donors (Lipinski definition) is 1. The summed E-state index contributed by atoms with van der Waals surface area (Å²) in [7, 11) is 0. The van der Waals surface area contributed by atoms with Gasteiger partial charge in [0.15, 0.2) is 13.1 Å². The zero-order valence-corrected chi connectivity index (χ0v) is 26.7. The lowest BCUT2D eigenvalue weighted by Gasteiger charge is -2.27. The molecule has 0 amide bonds. The third kappa shape index (κ3) is 6.89. The van der Waals surface area contributed by atoms with Gasteiger partial charge in [-0.1, -0.05) is 133 Å². The number of aliphatic hydroxyl groups excluding tert-OH is 1. The van der Waals surface area contributed by atoms with Crippen LogP contribution in [-0.2, 0) is 31.0 Å². The van der Waals surface area contributed by atoms with Crippen LogP contribution >= 0.6 is 0 Å². The summed E-state index contributed by atoms with van der Waals surface area (Å²) >= 11 is 0. The molecule has 0 fully saturated rings. The van der Waals surface area contributed by atoms with E-state index in [9.17, 15) is 9.90 Å². The lowest BCUT2D eigenvalue weighted by atomic mass is 9.80. The fourth-order valence-corrected chi connectivity index (χ4v) is 6.31. The minimum absolute atomic E-state index is 0.0522. The van der Waals surface area contributed by atoms with Crippen molar-refractivity contribution in [1.82, 2.24) is 0 Å². The minimum atomic E-state index is -0.135. The number of anilines is 1. The Bertz CT molecular complexity index is 1950. The first-order chi connectivity index (χ1) is 23.6. The van der Waals surface area contributed by atoms with E-state index in [1.54, 1.807) is 0 Å². The zero-order valence-electron chi connectivity index (χ0n) is 26.7. The van der Waals surface area contributed by atoms with E-state index < -0.39 is 0 Å². The molecule has 0 radical (unpaired) electrons. The fraction of sp³-hybridized carbons (Fsp3) is 0.0909. The van der Waals surface area contributed by atoms with E-state index >= 15 is 0 Å². The molecule has 0 saturated carbocycles. The van der Waals surface area contributed by atoms with Crippen LogP contribution in [0.1, 0.15) is 27.8 Å². The lowest BCUT2D eigenvalue weighted by Crippen LogP contribution is -2.24. The maximum absolute atomic E-state index is 13.5. The number of carbonyl (C=O) groups is 1. The standard InChI is InChI=1S/C44H36N2O2/c47-43-41(37-21-25-39(26-22-37)45(29-33-13-5-1-6-14-33)30-34-15-7-2-8-16-34)44(48)42(43)38-23-27-40(28-24-38)46(31-35-17-9-3-10-18-35)32-36-19-11-4-12-20-36/h1-28H,29-32H2/p+1. The Kier molecular flexibility index (Phi) is 9.06. The van der Waals surface area contributed by atoms with E-state index in [0.29, 0.717) is 11.1 Å². The van der Waals surface area contributed by atoms with E-state index in [2.05, 4.69) is 107 Å². The minimum Gasteiger partial charge on any atom is -0.506 e. The van der Waals surface area contributed by atoms with Gasteiger partial charge in [-0.15, -0.1) is 0 Å². The molecule has 0 spiro atoms. The first kappa shape index (κ1) is 30.6. The molecule has 0 atom stereocenters. The maximum Gasteiger partial charge on any atom is 0.201 e. The van der Waals surface area contributed by atoms with Crippen LogP contribution in [0.5, 0.6) is 0 Å². The number of nitrogens with zero attached hydrogens (tertiary/aromatic N) is 2. The van der Waals surface area contributed by atoms with Gasteiger partial charge < -0.3 is 10.0 Å². The van der Waals surface area contributed by atoms with Crippen LogP contribution < -0.4 is 4.90 Å². The highest BCUT2D eigenvalue weighted by Crippen LogP contribution is 2.39. The Morgan fingerprint density at radius 3 is 1.38 bits per heavy atom. The summed E-state index contributed by atoms with van der Waals surface area (Å²) in [5, 5.41) is 11.2. The average molecular weight is 626 g/mol. The van der Waals surface area contributed by atoms with Crippen LogP contribution in [0.25, 0.3) is 5.57 Å². The van der Waals surface area contributed by atoms with E-state index in [4.69, 9.17) is 0 Å². The number of carbonyl (C=O) groups excluding carboxylic acids is 1. The molecular formula is C44H37N2O2+. The number of benzene rings is 5. The second-order valence-corrected chi connectivity index (χ2v) is 12.2. The Morgan fingerprint density at radius 1 is 0.500 bits per heavy atom. The van der Waals surface area contributed by atoms with E-state index in [1.807, 2.05) is 72.8 Å². The van der Waals surface area contributed by atoms with Crippen molar-refractivity contribution in [3.63, 3.8) is 0 Å². The van der Waals surface area contributed by atoms with Crippen LogP contribution in [0.15, 0.2) is 187 Å². The Hall–Kier alpha value is -6.00. The number of allylic oxidation sites excluding steroid dienone is 7. The van der Waals surface area contributed by atoms with Gasteiger partial charge in [0.2, 0.25) is 11.5 Å². The highest BCUT2D eigenvalue weighted by atomic mass is 16.3. The van der Waals surface area contributed by atoms with Crippen molar-refractivity contribution in [1.29, 1.82) is 0 Å². The molecule has 0 saturated heterocycles. The van der Waals surface area contributed by atoms with E-state index in [0.717, 1.165) is 48.7 Å². The SMILES string of the molecule is O=C1C(=C2C=CC(=[N+](Cc3ccccc3)Cc3ccccc3)C=C2)C(O)=C1c1ccc(N(Cc2ccccc2)Cc2ccccc2)cc1. The summed E-state index contributed by atoms with van der Waals surface area (Å²) < 4.78 is 2.32. The number of Topliss-reactive ketones (excluding diaryl/α,β-unsaturated/α-hetero) is 1. The number of ketones is 1. The van der Waals surface area contributed by atoms with Crippen molar-refractivity contribution in [2.45, 2.75) is 26.2 Å². The number of rotatable bonds is 10. The van der Waals surface area contributed by atoms with E-state index in [1.165, 1.54) is 22.3 Å². The third-order valence-electron chi connectivity index (χ3n) is 8.84. The number of hydrogen-bond acceptors (Lipinski definition) is 3. The Morgan fingerprint density at radius 2 is 0.938 bits per heavy atom. The van der Waals surface area contributed by atoms with Crippen molar-refractivity contribution in [2.24, 2.45) is 0 Å². The van der Waals surface area contributed by atoms with Gasteiger partial charge in [0.05, 0.1) is 11.1 Å². The fourth-order valence-electron chi connectivity index (χ4n) is 6.31. The highest BCUT2D eigenvalue weighted by molar-refractivity contribution is 6.39. The summed E-state index contributed by atoms with van der Waals surface area (Å²) in [4.78, 5) is 15.8. The quantitative estimate of drug-likeness (QED) is 0.124. The molecule has 0 aliphatic heterocycles. The van der Waals surface area contributed by atoms with Gasteiger partial charge >= 0.3 is 0 Å². The van der Waals surface area contributed by atoms with Gasteiger partial charge in [-0.2, -0.15) is 0 Å². The van der Waals surface area contributed by atoms with Crippen LogP contribution in [-0.4, -0.2) is 21.2 Å². The molecular weight excluding hydrogens is 588 g/mol. The summed E-state index contributed by atoms with van der Waals surface area (Å²) in [5.74, 6) is -0.0831. The summed E-state index contributed by atoms with van der Waals surface area (Å²) in [6.45, 7) is 3.02. The first-order valence-electron chi connectivity index (χ1n) is 16.3. The van der Waals surface area contributed by atoms with Gasteiger partial charge in [0.25, 0.3) is 0 Å². The van der Waals surface area contributed by atoms with Crippen molar-refractivity contribution in [2.75, 3.05) is 4.90 Å². The van der Waals surface area contributed by atoms with Crippen LogP contribution in [0.2, 0.25) is 0 Å². The van der Waals surface area contributed by atoms with Gasteiger partial charge in [0, 0.05) is 42.1 Å². The third-order valence-corrected chi connectivity index (χ3v) is 8.84. The highest BCUT2D eigenvalue weighted by Gasteiger charge is 2.36. The van der Waals surface area contributed by atoms with Crippen molar-refractivity contribution >= 4 is 22.8 Å². The first-order valence-corrected chi connectivity index (χ1v) is 16.3. The molecule has 7 rings (SSSR count). The molecule has 4 heteroatoms. The van der Waals surface area contributed by atoms with Crippen LogP contribution in [0, 0.1) is 0 Å². The molecule has 4 nitrogen and oxygen atoms in total. The largest absolute Gasteiger partial charge is 0.506 e. The van der Waals surface area contributed by atoms with Crippen molar-refractivity contribution in [3.05, 3.63) is 215 Å². The molecule has 0 unspecified atom stereocenters. The average Bonchev–Trinajstić information content (AvgIpc) is 3.14. The molecule has 2 aliphatic rings. The topological polar surface area (TPSA) is 43.6 Å². The smallest absolute Gasteiger partial charge is 0.201 e. The summed E-state index contributed by atoms with van der Waals surface area (Å²) in [6, 6.07) is 49.6. The predicted molar refractivity (Wildman–Crippen MR) is 195 cm³/mol. The van der Waals surface area contributed by atoms with Crippen LogP contribution in [0.3, 0.4) is 0 Å². The van der Waals surface area contributed by atoms with Gasteiger partial charge in [0.1, 0.15) is 5.76 Å².